The molecule has 0 aliphatic carbocycles. The number of hydrogen-bond donors (Lipinski definition) is 2. The van der Waals surface area contributed by atoms with Crippen LogP contribution in [0.25, 0.3) is 0 Å². The maximum Gasteiger partial charge on any atom is 0.490 e. The number of alkyl halides is 3. The van der Waals surface area contributed by atoms with Gasteiger partial charge in [0.15, 0.2) is 9.84 Å². The zero-order valence-corrected chi connectivity index (χ0v) is 31.8. The van der Waals surface area contributed by atoms with Gasteiger partial charge in [-0.15, -0.1) is 0 Å². The number of amides is 1. The van der Waals surface area contributed by atoms with Gasteiger partial charge in [0.1, 0.15) is 29.5 Å². The Hall–Kier alpha value is -4.38. The smallest absolute Gasteiger partial charge is 0.490 e. The number of carbonyl (C=O) groups is 2. The van der Waals surface area contributed by atoms with Crippen LogP contribution in [0.2, 0.25) is 0 Å². The standard InChI is InChI=1S/C24H29NO6S.C13H17NO2.C2HF3O2/c1-16(2)30-23-7-6-21(32(3,27)28)13-22(23)24(26)25-14-17-4-5-20(12-18(17)15-25)31-19-8-10-29-11-9-19;1-2-13(7-11-9-14-8-10(1)11)16-12-3-5-15-6-4-12;3-2(4,5)1(6)7/h4-7,12-13,16,19H,8-11,14-15H2,1-3H3;1-2,7,12,14H,3-6,8-9H2;(H,6,7). The van der Waals surface area contributed by atoms with E-state index < -0.39 is 22.0 Å². The number of rotatable bonds is 8. The summed E-state index contributed by atoms with van der Waals surface area (Å²) in [5.74, 6) is -0.819. The molecule has 0 atom stereocenters. The van der Waals surface area contributed by atoms with E-state index in [0.717, 1.165) is 80.9 Å². The Kier molecular flexibility index (Phi) is 14.1. The number of nitrogens with one attached hydrogen (secondary N) is 1. The Labute approximate surface area is 318 Å². The molecular formula is C39H47F3N2O10S. The van der Waals surface area contributed by atoms with Gasteiger partial charge in [0.2, 0.25) is 0 Å². The molecule has 0 spiro atoms. The van der Waals surface area contributed by atoms with Crippen molar-refractivity contribution < 1.29 is 60.0 Å². The Balaban J connectivity index is 0.000000207. The minimum atomic E-state index is -5.08. The Bertz CT molecular complexity index is 1910. The maximum absolute atomic E-state index is 13.4. The fraction of sp³-hybridized carbons (Fsp3) is 0.487. The monoisotopic (exact) mass is 792 g/mol. The molecule has 12 nitrogen and oxygen atoms in total. The average molecular weight is 793 g/mol. The summed E-state index contributed by atoms with van der Waals surface area (Å²) in [6.45, 7) is 9.67. The number of benzene rings is 3. The highest BCUT2D eigenvalue weighted by molar-refractivity contribution is 7.90. The molecular weight excluding hydrogens is 745 g/mol. The van der Waals surface area contributed by atoms with E-state index in [4.69, 9.17) is 33.6 Å². The first-order valence-corrected chi connectivity index (χ1v) is 20.0. The summed E-state index contributed by atoms with van der Waals surface area (Å²) in [4.78, 5) is 24.1. The van der Waals surface area contributed by atoms with E-state index in [1.165, 1.54) is 23.3 Å². The van der Waals surface area contributed by atoms with Crippen LogP contribution >= 0.6 is 0 Å². The topological polar surface area (TPSA) is 150 Å². The van der Waals surface area contributed by atoms with Crippen molar-refractivity contribution in [1.82, 2.24) is 10.2 Å². The first-order chi connectivity index (χ1) is 26.1. The zero-order chi connectivity index (χ0) is 39.8. The molecule has 4 aliphatic heterocycles. The highest BCUT2D eigenvalue weighted by Crippen LogP contribution is 2.32. The first-order valence-electron chi connectivity index (χ1n) is 18.1. The first kappa shape index (κ1) is 41.8. The third kappa shape index (κ3) is 12.1. The van der Waals surface area contributed by atoms with Crippen molar-refractivity contribution in [2.45, 2.75) is 95.1 Å². The van der Waals surface area contributed by atoms with Gasteiger partial charge in [-0.3, -0.25) is 4.79 Å². The number of aliphatic carboxylic acids is 1. The summed E-state index contributed by atoms with van der Waals surface area (Å²) in [7, 11) is -3.45. The second-order valence-electron chi connectivity index (χ2n) is 13.9. The predicted molar refractivity (Wildman–Crippen MR) is 195 cm³/mol. The number of halogens is 3. The van der Waals surface area contributed by atoms with Gasteiger partial charge in [0.25, 0.3) is 5.91 Å². The van der Waals surface area contributed by atoms with E-state index in [9.17, 15) is 26.4 Å². The van der Waals surface area contributed by atoms with Crippen LogP contribution in [0.4, 0.5) is 13.2 Å². The summed E-state index contributed by atoms with van der Waals surface area (Å²) in [5.41, 5.74) is 5.13. The summed E-state index contributed by atoms with van der Waals surface area (Å²) in [6.07, 6.45) is 0.145. The average Bonchev–Trinajstić information content (AvgIpc) is 3.79. The maximum atomic E-state index is 13.4. The number of hydrogen-bond acceptors (Lipinski definition) is 10. The summed E-state index contributed by atoms with van der Waals surface area (Å²) < 4.78 is 84.4. The summed E-state index contributed by atoms with van der Waals surface area (Å²) >= 11 is 0. The molecule has 55 heavy (non-hydrogen) atoms. The van der Waals surface area contributed by atoms with Crippen molar-refractivity contribution >= 4 is 21.7 Å². The fourth-order valence-electron chi connectivity index (χ4n) is 6.34. The third-order valence-electron chi connectivity index (χ3n) is 9.15. The summed E-state index contributed by atoms with van der Waals surface area (Å²) in [6, 6.07) is 16.8. The van der Waals surface area contributed by atoms with Gasteiger partial charge >= 0.3 is 12.1 Å². The Morgan fingerprint density at radius 2 is 1.31 bits per heavy atom. The van der Waals surface area contributed by atoms with Gasteiger partial charge in [0, 0.05) is 58.1 Å². The van der Waals surface area contributed by atoms with E-state index in [0.29, 0.717) is 38.2 Å². The molecule has 4 aliphatic rings. The number of fused-ring (bicyclic) bond motifs is 2. The lowest BCUT2D eigenvalue weighted by molar-refractivity contribution is -0.192. The molecule has 2 N–H and O–H groups in total. The third-order valence-corrected chi connectivity index (χ3v) is 10.3. The molecule has 0 aromatic heterocycles. The molecule has 2 fully saturated rings. The van der Waals surface area contributed by atoms with Gasteiger partial charge in [-0.05, 0) is 78.6 Å². The van der Waals surface area contributed by atoms with E-state index in [2.05, 4.69) is 23.5 Å². The zero-order valence-electron chi connectivity index (χ0n) is 31.0. The second-order valence-corrected chi connectivity index (χ2v) is 15.9. The van der Waals surface area contributed by atoms with Crippen LogP contribution in [0.3, 0.4) is 0 Å². The fourth-order valence-corrected chi connectivity index (χ4v) is 6.99. The van der Waals surface area contributed by atoms with Gasteiger partial charge in [0.05, 0.1) is 43.0 Å². The Morgan fingerprint density at radius 1 is 0.800 bits per heavy atom. The molecule has 0 bridgehead atoms. The van der Waals surface area contributed by atoms with Crippen LogP contribution in [0.5, 0.6) is 17.2 Å². The Morgan fingerprint density at radius 3 is 1.84 bits per heavy atom. The van der Waals surface area contributed by atoms with E-state index in [1.807, 2.05) is 32.0 Å². The lowest BCUT2D eigenvalue weighted by atomic mass is 10.1. The van der Waals surface area contributed by atoms with Gasteiger partial charge in [-0.25, -0.2) is 13.2 Å². The lowest BCUT2D eigenvalue weighted by Crippen LogP contribution is -2.26. The molecule has 3 aromatic rings. The second kappa shape index (κ2) is 18.5. The van der Waals surface area contributed by atoms with Gasteiger partial charge in [-0.2, -0.15) is 13.2 Å². The summed E-state index contributed by atoms with van der Waals surface area (Å²) in [5, 5.41) is 10.5. The minimum Gasteiger partial charge on any atom is -0.490 e. The van der Waals surface area contributed by atoms with Crippen LogP contribution < -0.4 is 19.5 Å². The molecule has 16 heteroatoms. The molecule has 0 saturated carbocycles. The van der Waals surface area contributed by atoms with Crippen LogP contribution in [-0.4, -0.2) is 87.5 Å². The van der Waals surface area contributed by atoms with Crippen molar-refractivity contribution in [3.05, 3.63) is 82.4 Å². The minimum absolute atomic E-state index is 0.0980. The molecule has 7 rings (SSSR count). The highest BCUT2D eigenvalue weighted by Gasteiger charge is 2.38. The number of carboxylic acids is 1. The molecule has 4 heterocycles. The molecule has 3 aromatic carbocycles. The van der Waals surface area contributed by atoms with Crippen LogP contribution in [0, 0.1) is 0 Å². The number of nitrogens with zero attached hydrogens (tertiary/aromatic N) is 1. The van der Waals surface area contributed by atoms with Crippen LogP contribution in [0.15, 0.2) is 59.5 Å². The molecule has 1 amide bonds. The number of ether oxygens (including phenoxy) is 5. The van der Waals surface area contributed by atoms with Crippen molar-refractivity contribution in [2.75, 3.05) is 32.7 Å². The van der Waals surface area contributed by atoms with Gasteiger partial charge in [-0.1, -0.05) is 12.1 Å². The molecule has 0 unspecified atom stereocenters. The molecule has 300 valence electrons. The van der Waals surface area contributed by atoms with Crippen molar-refractivity contribution in [3.63, 3.8) is 0 Å². The van der Waals surface area contributed by atoms with Crippen molar-refractivity contribution in [1.29, 1.82) is 0 Å². The van der Waals surface area contributed by atoms with Crippen LogP contribution in [-0.2, 0) is 50.3 Å². The van der Waals surface area contributed by atoms with E-state index in [-0.39, 0.29) is 28.6 Å². The van der Waals surface area contributed by atoms with Crippen LogP contribution in [0.1, 0.15) is 72.1 Å². The van der Waals surface area contributed by atoms with Gasteiger partial charge < -0.3 is 39.0 Å². The predicted octanol–water partition coefficient (Wildman–Crippen LogP) is 6.07. The van der Waals surface area contributed by atoms with E-state index in [1.54, 1.807) is 11.0 Å². The quantitative estimate of drug-likeness (QED) is 0.274. The SMILES string of the molecule is CC(C)Oc1ccc(S(C)(=O)=O)cc1C(=O)N1Cc2ccc(OC3CCOCC3)cc2C1.O=C(O)C(F)(F)F.c1cc2c(cc1OC1CCOCC1)CNC2. The molecule has 0 radical (unpaired) electrons. The number of carboxylic acid groups (broad SMARTS) is 1. The lowest BCUT2D eigenvalue weighted by Gasteiger charge is -2.23. The number of sulfone groups is 1. The van der Waals surface area contributed by atoms with Crippen molar-refractivity contribution in [2.24, 2.45) is 0 Å². The van der Waals surface area contributed by atoms with Crippen molar-refractivity contribution in [3.8, 4) is 17.2 Å². The highest BCUT2D eigenvalue weighted by atomic mass is 32.2. The normalized spacial score (nSPS) is 17.3. The number of carbonyl (C=O) groups excluding carboxylic acids is 1. The van der Waals surface area contributed by atoms with E-state index >= 15 is 0 Å². The largest absolute Gasteiger partial charge is 0.490 e. The molecule has 2 saturated heterocycles.